The van der Waals surface area contributed by atoms with Gasteiger partial charge in [-0.15, -0.1) is 0 Å². The molecule has 0 aromatic carbocycles. The third-order valence-electron chi connectivity index (χ3n) is 3.43. The van der Waals surface area contributed by atoms with Gasteiger partial charge in [0, 0.05) is 5.92 Å². The van der Waals surface area contributed by atoms with E-state index in [4.69, 9.17) is 9.47 Å². The largest absolute Gasteiger partial charge is 0.448 e. The van der Waals surface area contributed by atoms with Gasteiger partial charge in [-0.05, 0) is 19.8 Å². The third-order valence-corrected chi connectivity index (χ3v) is 3.43. The molecular weight excluding hydrogens is 208 g/mol. The maximum absolute atomic E-state index is 11.7. The molecule has 16 heavy (non-hydrogen) atoms. The van der Waals surface area contributed by atoms with Crippen LogP contribution in [0.1, 0.15) is 45.4 Å². The molecule has 0 radical (unpaired) electrons. The van der Waals surface area contributed by atoms with Crippen LogP contribution in [0.5, 0.6) is 0 Å². The summed E-state index contributed by atoms with van der Waals surface area (Å²) in [6.45, 7) is 1.55. The summed E-state index contributed by atoms with van der Waals surface area (Å²) in [6.07, 6.45) is 5.17. The molecule has 0 N–H and O–H groups in total. The minimum Gasteiger partial charge on any atom is -0.448 e. The fraction of sp³-hybridized carbons (Fsp3) is 0.833. The molecule has 0 aromatic heterocycles. The summed E-state index contributed by atoms with van der Waals surface area (Å²) in [5.41, 5.74) is 0. The molecule has 0 bridgehead atoms. The molecular formula is C12H18O4. The zero-order valence-electron chi connectivity index (χ0n) is 9.61. The van der Waals surface area contributed by atoms with Crippen LogP contribution in [0.15, 0.2) is 0 Å². The monoisotopic (exact) mass is 226 g/mol. The second-order valence-electron chi connectivity index (χ2n) is 4.69. The lowest BCUT2D eigenvalue weighted by Gasteiger charge is -2.30. The summed E-state index contributed by atoms with van der Waals surface area (Å²) in [7, 11) is 0. The Morgan fingerprint density at radius 3 is 2.19 bits per heavy atom. The van der Waals surface area contributed by atoms with E-state index < -0.39 is 18.2 Å². The summed E-state index contributed by atoms with van der Waals surface area (Å²) >= 11 is 0. The molecule has 1 heterocycles. The molecule has 2 unspecified atom stereocenters. The lowest BCUT2D eigenvalue weighted by molar-refractivity contribution is -0.198. The van der Waals surface area contributed by atoms with E-state index >= 15 is 0 Å². The first-order valence-corrected chi connectivity index (χ1v) is 6.09. The first kappa shape index (κ1) is 11.4. The maximum Gasteiger partial charge on any atom is 0.348 e. The molecule has 1 saturated carbocycles. The van der Waals surface area contributed by atoms with Gasteiger partial charge < -0.3 is 9.47 Å². The van der Waals surface area contributed by atoms with Gasteiger partial charge in [0.05, 0.1) is 0 Å². The second-order valence-corrected chi connectivity index (χ2v) is 4.69. The highest BCUT2D eigenvalue weighted by atomic mass is 16.6. The Morgan fingerprint density at radius 2 is 1.56 bits per heavy atom. The smallest absolute Gasteiger partial charge is 0.348 e. The minimum absolute atomic E-state index is 0.159. The highest BCUT2D eigenvalue weighted by Crippen LogP contribution is 2.29. The highest BCUT2D eigenvalue weighted by molar-refractivity contribution is 5.87. The van der Waals surface area contributed by atoms with E-state index in [-0.39, 0.29) is 11.9 Å². The van der Waals surface area contributed by atoms with Crippen molar-refractivity contribution in [2.75, 3.05) is 0 Å². The molecule has 1 saturated heterocycles. The van der Waals surface area contributed by atoms with Crippen LogP contribution in [0, 0.1) is 5.92 Å². The summed E-state index contributed by atoms with van der Waals surface area (Å²) in [5, 5.41) is 0. The third kappa shape index (κ3) is 2.36. The van der Waals surface area contributed by atoms with Crippen molar-refractivity contribution in [2.45, 2.75) is 57.7 Å². The van der Waals surface area contributed by atoms with E-state index in [0.29, 0.717) is 0 Å². The van der Waals surface area contributed by atoms with E-state index in [9.17, 15) is 9.59 Å². The second kappa shape index (κ2) is 4.85. The van der Waals surface area contributed by atoms with Crippen molar-refractivity contribution < 1.29 is 19.1 Å². The quantitative estimate of drug-likeness (QED) is 0.505. The van der Waals surface area contributed by atoms with Gasteiger partial charge in [0.25, 0.3) is 0 Å². The summed E-state index contributed by atoms with van der Waals surface area (Å²) in [5.74, 6) is -0.612. The molecule has 2 fully saturated rings. The fourth-order valence-corrected chi connectivity index (χ4v) is 2.46. The van der Waals surface area contributed by atoms with Crippen molar-refractivity contribution in [1.82, 2.24) is 0 Å². The number of hydrogen-bond acceptors (Lipinski definition) is 4. The van der Waals surface area contributed by atoms with E-state index in [1.54, 1.807) is 6.92 Å². The number of esters is 2. The minimum atomic E-state index is -0.741. The van der Waals surface area contributed by atoms with E-state index in [0.717, 1.165) is 25.7 Å². The van der Waals surface area contributed by atoms with Crippen LogP contribution in [-0.2, 0) is 19.1 Å². The Hall–Kier alpha value is -1.06. The van der Waals surface area contributed by atoms with Crippen LogP contribution in [0.3, 0.4) is 0 Å². The zero-order valence-corrected chi connectivity index (χ0v) is 9.61. The molecule has 2 aliphatic rings. The van der Waals surface area contributed by atoms with Gasteiger partial charge in [-0.25, -0.2) is 9.59 Å². The maximum atomic E-state index is 11.7. The van der Waals surface area contributed by atoms with Gasteiger partial charge in [0.15, 0.2) is 6.10 Å². The number of carbonyl (C=O) groups is 2. The molecule has 0 aromatic rings. The van der Waals surface area contributed by atoms with Gasteiger partial charge in [0.2, 0.25) is 6.10 Å². The van der Waals surface area contributed by atoms with Crippen molar-refractivity contribution in [2.24, 2.45) is 5.92 Å². The molecule has 4 heteroatoms. The molecule has 2 atom stereocenters. The summed E-state index contributed by atoms with van der Waals surface area (Å²) in [6, 6.07) is 0. The molecule has 2 rings (SSSR count). The normalized spacial score (nSPS) is 32.8. The number of hydrogen-bond donors (Lipinski definition) is 0. The van der Waals surface area contributed by atoms with Crippen molar-refractivity contribution in [3.05, 3.63) is 0 Å². The average molecular weight is 226 g/mol. The first-order valence-electron chi connectivity index (χ1n) is 6.09. The summed E-state index contributed by atoms with van der Waals surface area (Å²) in [4.78, 5) is 23.0. The predicted octanol–water partition coefficient (Wildman–Crippen LogP) is 1.81. The van der Waals surface area contributed by atoms with Crippen LogP contribution in [0.4, 0.5) is 0 Å². The highest BCUT2D eigenvalue weighted by Gasteiger charge is 2.40. The Balaban J connectivity index is 2.01. The average Bonchev–Trinajstić information content (AvgIpc) is 2.52. The Bertz CT molecular complexity index is 279. The SMILES string of the molecule is CC1OC(=O)C(C2CCCCCC2)OC1=O. The lowest BCUT2D eigenvalue weighted by Crippen LogP contribution is -2.46. The number of cyclic esters (lactones) is 2. The van der Waals surface area contributed by atoms with Gasteiger partial charge in [0.1, 0.15) is 0 Å². The van der Waals surface area contributed by atoms with Crippen LogP contribution in [-0.4, -0.2) is 24.1 Å². The number of carbonyl (C=O) groups excluding carboxylic acids is 2. The van der Waals surface area contributed by atoms with Crippen molar-refractivity contribution in [3.63, 3.8) is 0 Å². The Labute approximate surface area is 95.3 Å². The van der Waals surface area contributed by atoms with Gasteiger partial charge in [-0.2, -0.15) is 0 Å². The van der Waals surface area contributed by atoms with Crippen molar-refractivity contribution >= 4 is 11.9 Å². The van der Waals surface area contributed by atoms with Crippen LogP contribution >= 0.6 is 0 Å². The first-order chi connectivity index (χ1) is 7.68. The van der Waals surface area contributed by atoms with Gasteiger partial charge in [-0.1, -0.05) is 25.7 Å². The number of rotatable bonds is 1. The topological polar surface area (TPSA) is 52.6 Å². The molecule has 0 amide bonds. The Morgan fingerprint density at radius 1 is 0.938 bits per heavy atom. The van der Waals surface area contributed by atoms with Gasteiger partial charge >= 0.3 is 11.9 Å². The zero-order chi connectivity index (χ0) is 11.5. The Kier molecular flexibility index (Phi) is 3.46. The molecule has 90 valence electrons. The van der Waals surface area contributed by atoms with Crippen LogP contribution in [0.2, 0.25) is 0 Å². The van der Waals surface area contributed by atoms with E-state index in [1.807, 2.05) is 0 Å². The van der Waals surface area contributed by atoms with Crippen LogP contribution < -0.4 is 0 Å². The molecule has 0 spiro atoms. The van der Waals surface area contributed by atoms with Gasteiger partial charge in [-0.3, -0.25) is 0 Å². The fourth-order valence-electron chi connectivity index (χ4n) is 2.46. The molecule has 4 nitrogen and oxygen atoms in total. The molecule has 1 aliphatic heterocycles. The summed E-state index contributed by atoms with van der Waals surface area (Å²) < 4.78 is 10.2. The van der Waals surface area contributed by atoms with Crippen molar-refractivity contribution in [1.29, 1.82) is 0 Å². The molecule has 1 aliphatic carbocycles. The van der Waals surface area contributed by atoms with Crippen LogP contribution in [0.25, 0.3) is 0 Å². The van der Waals surface area contributed by atoms with Crippen molar-refractivity contribution in [3.8, 4) is 0 Å². The number of ether oxygens (including phenoxy) is 2. The predicted molar refractivity (Wildman–Crippen MR) is 56.6 cm³/mol. The van der Waals surface area contributed by atoms with E-state index in [1.165, 1.54) is 12.8 Å². The van der Waals surface area contributed by atoms with E-state index in [2.05, 4.69) is 0 Å². The lowest BCUT2D eigenvalue weighted by atomic mass is 9.93. The standard InChI is InChI=1S/C12H18O4/c1-8-11(13)16-10(12(14)15-8)9-6-4-2-3-5-7-9/h8-10H,2-7H2,1H3.